The predicted octanol–water partition coefficient (Wildman–Crippen LogP) is 4.36. The van der Waals surface area contributed by atoms with Crippen LogP contribution in [0, 0.1) is 0 Å². The van der Waals surface area contributed by atoms with E-state index in [9.17, 15) is 18.0 Å². The highest BCUT2D eigenvalue weighted by Crippen LogP contribution is 2.30. The average molecular weight is 380 g/mol. The van der Waals surface area contributed by atoms with Crippen LogP contribution < -0.4 is 10.6 Å². The summed E-state index contributed by atoms with van der Waals surface area (Å²) in [7, 11) is 0. The number of carbonyl (C=O) groups excluding carboxylic acids is 1. The second-order valence-corrected chi connectivity index (χ2v) is 6.39. The third kappa shape index (κ3) is 7.30. The summed E-state index contributed by atoms with van der Waals surface area (Å²) in [6.07, 6.45) is -4.28. The molecule has 0 aliphatic carbocycles. The minimum Gasteiger partial charge on any atom is -0.376 e. The van der Waals surface area contributed by atoms with Crippen molar-refractivity contribution in [3.63, 3.8) is 0 Å². The smallest absolute Gasteiger partial charge is 0.376 e. The zero-order valence-corrected chi connectivity index (χ0v) is 15.3. The highest BCUT2D eigenvalue weighted by atomic mass is 19.4. The van der Waals surface area contributed by atoms with Crippen LogP contribution in [0.25, 0.3) is 0 Å². The molecule has 0 radical (unpaired) electrons. The molecular weight excluding hydrogens is 357 g/mol. The molecule has 2 aromatic carbocycles. The molecular formula is C20H23F3N2O2. The van der Waals surface area contributed by atoms with E-state index >= 15 is 0 Å². The summed E-state index contributed by atoms with van der Waals surface area (Å²) < 4.78 is 43.6. The van der Waals surface area contributed by atoms with Crippen molar-refractivity contribution in [2.45, 2.75) is 39.3 Å². The first-order valence-corrected chi connectivity index (χ1v) is 8.61. The normalized spacial score (nSPS) is 11.5. The maximum Gasteiger partial charge on any atom is 0.416 e. The van der Waals surface area contributed by atoms with Gasteiger partial charge in [-0.25, -0.2) is 0 Å². The fourth-order valence-corrected chi connectivity index (χ4v) is 2.34. The zero-order valence-electron chi connectivity index (χ0n) is 15.3. The van der Waals surface area contributed by atoms with Crippen molar-refractivity contribution >= 4 is 11.6 Å². The van der Waals surface area contributed by atoms with Crippen LogP contribution >= 0.6 is 0 Å². The second-order valence-electron chi connectivity index (χ2n) is 6.39. The van der Waals surface area contributed by atoms with E-state index < -0.39 is 11.7 Å². The molecule has 0 heterocycles. The molecule has 2 N–H and O–H groups in total. The van der Waals surface area contributed by atoms with Gasteiger partial charge in [0.05, 0.1) is 24.8 Å². The maximum absolute atomic E-state index is 12.7. The zero-order chi connectivity index (χ0) is 19.9. The Kier molecular flexibility index (Phi) is 7.24. The van der Waals surface area contributed by atoms with Gasteiger partial charge in [-0.3, -0.25) is 4.79 Å². The lowest BCUT2D eigenvalue weighted by Gasteiger charge is -2.11. The highest BCUT2D eigenvalue weighted by molar-refractivity contribution is 5.80. The fraction of sp³-hybridized carbons (Fsp3) is 0.350. The summed E-state index contributed by atoms with van der Waals surface area (Å²) in [5.41, 5.74) is 1.42. The van der Waals surface area contributed by atoms with E-state index in [1.807, 2.05) is 38.1 Å². The molecule has 0 unspecified atom stereocenters. The van der Waals surface area contributed by atoms with Crippen LogP contribution in [0.5, 0.6) is 0 Å². The standard InChI is InChI=1S/C20H23F3N2O2/c1-14(2)27-13-16-6-3-5-15(9-16)11-25-19(26)12-24-18-8-4-7-17(10-18)20(21,22)23/h3-10,14,24H,11-13H2,1-2H3,(H,25,26). The fourth-order valence-electron chi connectivity index (χ4n) is 2.34. The molecule has 1 amide bonds. The van der Waals surface area contributed by atoms with Gasteiger partial charge in [-0.15, -0.1) is 0 Å². The van der Waals surface area contributed by atoms with Crippen molar-refractivity contribution in [1.82, 2.24) is 5.32 Å². The van der Waals surface area contributed by atoms with Gasteiger partial charge in [0.15, 0.2) is 0 Å². The lowest BCUT2D eigenvalue weighted by molar-refractivity contribution is -0.137. The molecule has 7 heteroatoms. The van der Waals surface area contributed by atoms with E-state index in [1.165, 1.54) is 12.1 Å². The number of anilines is 1. The molecule has 0 atom stereocenters. The number of benzene rings is 2. The van der Waals surface area contributed by atoms with Gasteiger partial charge in [0.1, 0.15) is 0 Å². The first-order valence-electron chi connectivity index (χ1n) is 8.61. The lowest BCUT2D eigenvalue weighted by atomic mass is 10.1. The van der Waals surface area contributed by atoms with Gasteiger partial charge in [0, 0.05) is 12.2 Å². The van der Waals surface area contributed by atoms with Gasteiger partial charge in [-0.1, -0.05) is 30.3 Å². The molecule has 27 heavy (non-hydrogen) atoms. The van der Waals surface area contributed by atoms with Gasteiger partial charge < -0.3 is 15.4 Å². The number of rotatable bonds is 8. The molecule has 0 aromatic heterocycles. The Balaban J connectivity index is 1.82. The van der Waals surface area contributed by atoms with E-state index in [1.54, 1.807) is 0 Å². The largest absolute Gasteiger partial charge is 0.416 e. The van der Waals surface area contributed by atoms with Gasteiger partial charge >= 0.3 is 6.18 Å². The summed E-state index contributed by atoms with van der Waals surface area (Å²) >= 11 is 0. The van der Waals surface area contributed by atoms with Crippen LogP contribution in [0.3, 0.4) is 0 Å². The van der Waals surface area contributed by atoms with Gasteiger partial charge in [-0.2, -0.15) is 13.2 Å². The van der Waals surface area contributed by atoms with Gasteiger partial charge in [0.25, 0.3) is 0 Å². The third-order valence-corrected chi connectivity index (χ3v) is 3.71. The second kappa shape index (κ2) is 9.41. The van der Waals surface area contributed by atoms with E-state index in [2.05, 4.69) is 10.6 Å². The number of nitrogens with one attached hydrogen (secondary N) is 2. The van der Waals surface area contributed by atoms with Crippen LogP contribution in [0.15, 0.2) is 48.5 Å². The molecule has 0 aliphatic rings. The summed E-state index contributed by atoms with van der Waals surface area (Å²) in [5.74, 6) is -0.309. The molecule has 2 aromatic rings. The Morgan fingerprint density at radius 2 is 1.78 bits per heavy atom. The Bertz CT molecular complexity index is 761. The van der Waals surface area contributed by atoms with Crippen LogP contribution in [-0.4, -0.2) is 18.6 Å². The Hall–Kier alpha value is -2.54. The van der Waals surface area contributed by atoms with Crippen molar-refractivity contribution in [3.05, 3.63) is 65.2 Å². The van der Waals surface area contributed by atoms with E-state index in [0.717, 1.165) is 23.3 Å². The number of halogens is 3. The SMILES string of the molecule is CC(C)OCc1cccc(CNC(=O)CNc2cccc(C(F)(F)F)c2)c1. The van der Waals surface area contributed by atoms with Crippen molar-refractivity contribution in [2.24, 2.45) is 0 Å². The summed E-state index contributed by atoms with van der Waals surface area (Å²) in [6.45, 7) is 4.63. The lowest BCUT2D eigenvalue weighted by Crippen LogP contribution is -2.29. The van der Waals surface area contributed by atoms with Crippen molar-refractivity contribution in [1.29, 1.82) is 0 Å². The Morgan fingerprint density at radius 1 is 1.07 bits per heavy atom. The highest BCUT2D eigenvalue weighted by Gasteiger charge is 2.30. The number of ether oxygens (including phenoxy) is 1. The summed E-state index contributed by atoms with van der Waals surface area (Å²) in [4.78, 5) is 12.0. The van der Waals surface area contributed by atoms with Crippen LogP contribution in [-0.2, 0) is 28.9 Å². The first-order chi connectivity index (χ1) is 12.7. The molecule has 0 aliphatic heterocycles. The van der Waals surface area contributed by atoms with E-state index in [4.69, 9.17) is 4.74 Å². The van der Waals surface area contributed by atoms with Crippen molar-refractivity contribution in [2.75, 3.05) is 11.9 Å². The quantitative estimate of drug-likeness (QED) is 0.716. The first kappa shape index (κ1) is 20.8. The minimum absolute atomic E-state index is 0.114. The minimum atomic E-state index is -4.41. The van der Waals surface area contributed by atoms with Crippen LogP contribution in [0.4, 0.5) is 18.9 Å². The molecule has 0 fully saturated rings. The Morgan fingerprint density at radius 3 is 2.48 bits per heavy atom. The van der Waals surface area contributed by atoms with E-state index in [0.29, 0.717) is 13.2 Å². The van der Waals surface area contributed by atoms with Gasteiger partial charge in [0.2, 0.25) is 5.91 Å². The summed E-state index contributed by atoms with van der Waals surface area (Å²) in [6, 6.07) is 12.4. The molecule has 0 bridgehead atoms. The number of hydrogen-bond acceptors (Lipinski definition) is 3. The number of amides is 1. The monoisotopic (exact) mass is 380 g/mol. The van der Waals surface area contributed by atoms with Gasteiger partial charge in [-0.05, 0) is 43.2 Å². The predicted molar refractivity (Wildman–Crippen MR) is 98.1 cm³/mol. The van der Waals surface area contributed by atoms with E-state index in [-0.39, 0.29) is 24.2 Å². The Labute approximate surface area is 156 Å². The molecule has 0 saturated carbocycles. The van der Waals surface area contributed by atoms with Crippen LogP contribution in [0.2, 0.25) is 0 Å². The average Bonchev–Trinajstić information content (AvgIpc) is 2.63. The van der Waals surface area contributed by atoms with Crippen molar-refractivity contribution < 1.29 is 22.7 Å². The van der Waals surface area contributed by atoms with Crippen molar-refractivity contribution in [3.8, 4) is 0 Å². The molecule has 4 nitrogen and oxygen atoms in total. The maximum atomic E-state index is 12.7. The number of alkyl halides is 3. The molecule has 146 valence electrons. The van der Waals surface area contributed by atoms with Crippen LogP contribution in [0.1, 0.15) is 30.5 Å². The molecule has 2 rings (SSSR count). The summed E-state index contributed by atoms with van der Waals surface area (Å²) in [5, 5.41) is 5.45. The molecule has 0 saturated heterocycles. The topological polar surface area (TPSA) is 50.4 Å². The number of carbonyl (C=O) groups is 1. The third-order valence-electron chi connectivity index (χ3n) is 3.71. The number of hydrogen-bond donors (Lipinski definition) is 2. The molecule has 0 spiro atoms.